The first-order valence-corrected chi connectivity index (χ1v) is 15.7. The molecule has 0 saturated carbocycles. The number of halogens is 2. The van der Waals surface area contributed by atoms with Gasteiger partial charge in [0, 0.05) is 31.8 Å². The largest absolute Gasteiger partial charge is 0.508 e. The number of phenols is 1. The molecule has 9 nitrogen and oxygen atoms in total. The average Bonchev–Trinajstić information content (AvgIpc) is 3.44. The van der Waals surface area contributed by atoms with Gasteiger partial charge in [0.05, 0.1) is 25.6 Å². The van der Waals surface area contributed by atoms with Crippen LogP contribution in [0.3, 0.4) is 0 Å². The molecule has 1 aromatic carbocycles. The molecule has 0 radical (unpaired) electrons. The molecule has 3 aliphatic heterocycles. The number of rotatable bonds is 6. The summed E-state index contributed by atoms with van der Waals surface area (Å²) in [5.41, 5.74) is 3.11. The molecule has 3 aromatic rings. The highest BCUT2D eigenvalue weighted by Crippen LogP contribution is 2.45. The Morgan fingerprint density at radius 3 is 2.86 bits per heavy atom. The Balaban J connectivity index is 1.38. The molecule has 4 aliphatic rings. The predicted molar refractivity (Wildman–Crippen MR) is 163 cm³/mol. The molecule has 0 bridgehead atoms. The minimum atomic E-state index is -0.616. The van der Waals surface area contributed by atoms with E-state index in [-0.39, 0.29) is 46.9 Å². The Hall–Kier alpha value is -3.57. The van der Waals surface area contributed by atoms with E-state index in [1.54, 1.807) is 12.1 Å². The summed E-state index contributed by atoms with van der Waals surface area (Å²) in [6.45, 7) is 6.20. The van der Waals surface area contributed by atoms with Gasteiger partial charge in [-0.05, 0) is 86.2 Å². The second-order valence-corrected chi connectivity index (χ2v) is 12.6. The number of benzene rings is 1. The van der Waals surface area contributed by atoms with Crippen LogP contribution in [0.15, 0.2) is 24.0 Å². The first kappa shape index (κ1) is 29.2. The summed E-state index contributed by atoms with van der Waals surface area (Å²) < 4.78 is 48.2. The van der Waals surface area contributed by atoms with E-state index in [1.807, 2.05) is 4.90 Å². The monoisotopic (exact) mass is 607 g/mol. The number of methoxy groups -OCH3 is 1. The molecule has 11 heteroatoms. The van der Waals surface area contributed by atoms with Crippen LogP contribution in [-0.4, -0.2) is 83.6 Å². The normalized spacial score (nSPS) is 24.9. The molecular formula is C33H39F2N5O4. The van der Waals surface area contributed by atoms with Crippen molar-refractivity contribution in [1.29, 1.82) is 0 Å². The van der Waals surface area contributed by atoms with Gasteiger partial charge in [0.2, 0.25) is 5.88 Å². The molecule has 1 aliphatic carbocycles. The maximum Gasteiger partial charge on any atom is 0.319 e. The molecule has 0 amide bonds. The average molecular weight is 608 g/mol. The smallest absolute Gasteiger partial charge is 0.319 e. The van der Waals surface area contributed by atoms with Crippen molar-refractivity contribution in [1.82, 2.24) is 19.9 Å². The number of fused-ring (bicyclic) bond motifs is 3. The van der Waals surface area contributed by atoms with E-state index in [1.165, 1.54) is 7.11 Å². The molecular weight excluding hydrogens is 568 g/mol. The molecule has 0 spiro atoms. The molecule has 5 heterocycles. The van der Waals surface area contributed by atoms with Crippen molar-refractivity contribution in [3.63, 3.8) is 0 Å². The second kappa shape index (κ2) is 11.7. The SMILES string of the molecule is COc1nc(-c2cc(O)cc3c2C(C)CCC3)c(F)c2nc(OCC34CCCN3C/C(=C\F)C4)nc(N3CCCOCC3)c12. The number of hydrogen-bond acceptors (Lipinski definition) is 9. The summed E-state index contributed by atoms with van der Waals surface area (Å²) in [7, 11) is 1.51. The predicted octanol–water partition coefficient (Wildman–Crippen LogP) is 5.68. The summed E-state index contributed by atoms with van der Waals surface area (Å²) in [6.07, 6.45) is 6.75. The summed E-state index contributed by atoms with van der Waals surface area (Å²) in [5, 5.41) is 11.0. The highest BCUT2D eigenvalue weighted by Gasteiger charge is 2.47. The first-order chi connectivity index (χ1) is 21.4. The van der Waals surface area contributed by atoms with Crippen LogP contribution in [0, 0.1) is 5.82 Å². The van der Waals surface area contributed by atoms with Gasteiger partial charge in [-0.3, -0.25) is 4.90 Å². The van der Waals surface area contributed by atoms with Gasteiger partial charge < -0.3 is 24.2 Å². The third-order valence-electron chi connectivity index (χ3n) is 9.82. The maximum absolute atomic E-state index is 16.9. The summed E-state index contributed by atoms with van der Waals surface area (Å²) in [6, 6.07) is 3.42. The fraction of sp³-hybridized carbons (Fsp3) is 0.545. The van der Waals surface area contributed by atoms with Crippen LogP contribution in [0.2, 0.25) is 0 Å². The molecule has 2 unspecified atom stereocenters. The quantitative estimate of drug-likeness (QED) is 0.380. The number of aryl methyl sites for hydroxylation is 1. The Labute approximate surface area is 255 Å². The minimum absolute atomic E-state index is 0.0501. The van der Waals surface area contributed by atoms with Gasteiger partial charge in [-0.2, -0.15) is 9.97 Å². The van der Waals surface area contributed by atoms with E-state index >= 15 is 4.39 Å². The van der Waals surface area contributed by atoms with E-state index in [9.17, 15) is 9.50 Å². The summed E-state index contributed by atoms with van der Waals surface area (Å²) in [5.74, 6) is 0.321. The van der Waals surface area contributed by atoms with E-state index in [0.29, 0.717) is 62.4 Å². The van der Waals surface area contributed by atoms with Gasteiger partial charge in [-0.15, -0.1) is 0 Å². The number of aromatic nitrogens is 3. The molecule has 3 fully saturated rings. The molecule has 3 saturated heterocycles. The van der Waals surface area contributed by atoms with Crippen LogP contribution in [0.5, 0.6) is 17.6 Å². The Kier molecular flexibility index (Phi) is 7.78. The van der Waals surface area contributed by atoms with Crippen molar-refractivity contribution in [2.24, 2.45) is 0 Å². The molecule has 234 valence electrons. The zero-order valence-electron chi connectivity index (χ0n) is 25.4. The van der Waals surface area contributed by atoms with Crippen LogP contribution in [-0.2, 0) is 11.2 Å². The lowest BCUT2D eigenvalue weighted by Crippen LogP contribution is -2.43. The van der Waals surface area contributed by atoms with Crippen molar-refractivity contribution < 1.29 is 28.1 Å². The summed E-state index contributed by atoms with van der Waals surface area (Å²) >= 11 is 0. The van der Waals surface area contributed by atoms with Gasteiger partial charge in [-0.1, -0.05) is 6.92 Å². The van der Waals surface area contributed by atoms with Crippen molar-refractivity contribution in [2.75, 3.05) is 58.0 Å². The second-order valence-electron chi connectivity index (χ2n) is 12.6. The van der Waals surface area contributed by atoms with Gasteiger partial charge in [-0.25, -0.2) is 13.8 Å². The molecule has 1 N–H and O–H groups in total. The number of phenolic OH excluding ortho intramolecular Hbond substituents is 1. The first-order valence-electron chi connectivity index (χ1n) is 15.7. The molecule has 2 aromatic heterocycles. The number of nitrogens with zero attached hydrogens (tertiary/aromatic N) is 5. The van der Waals surface area contributed by atoms with E-state index in [4.69, 9.17) is 24.2 Å². The van der Waals surface area contributed by atoms with Crippen LogP contribution >= 0.6 is 0 Å². The number of ether oxygens (including phenoxy) is 3. The molecule has 7 rings (SSSR count). The van der Waals surface area contributed by atoms with Crippen LogP contribution in [0.25, 0.3) is 22.2 Å². The fourth-order valence-corrected chi connectivity index (χ4v) is 7.76. The number of hydrogen-bond donors (Lipinski definition) is 1. The van der Waals surface area contributed by atoms with E-state index < -0.39 is 5.82 Å². The standard InChI is InChI=1S/C33H39F2N5O4/c1-20-6-3-7-22-14-23(41)15-24(25(20)22)28-27(35)29-26(31(36-28)42-2)30(39-9-5-12-43-13-11-39)38-32(37-29)44-19-33-8-4-10-40(33)18-21(16-33)17-34/h14-15,17,20,41H,3-13,16,18-19H2,1-2H3/b21-17-. The van der Waals surface area contributed by atoms with Gasteiger partial charge in [0.1, 0.15) is 34.8 Å². The van der Waals surface area contributed by atoms with Crippen LogP contribution in [0.4, 0.5) is 14.6 Å². The van der Waals surface area contributed by atoms with Gasteiger partial charge >= 0.3 is 6.01 Å². The lowest BCUT2D eigenvalue weighted by molar-refractivity contribution is 0.108. The summed E-state index contributed by atoms with van der Waals surface area (Å²) in [4.78, 5) is 18.5. The van der Waals surface area contributed by atoms with Crippen LogP contribution in [0.1, 0.15) is 62.5 Å². The van der Waals surface area contributed by atoms with Gasteiger partial charge in [0.25, 0.3) is 0 Å². The lowest BCUT2D eigenvalue weighted by atomic mass is 9.80. The third-order valence-corrected chi connectivity index (χ3v) is 9.82. The minimum Gasteiger partial charge on any atom is -0.508 e. The number of anilines is 1. The maximum atomic E-state index is 16.9. The van der Waals surface area contributed by atoms with Gasteiger partial charge in [0.15, 0.2) is 5.82 Å². The highest BCUT2D eigenvalue weighted by atomic mass is 19.1. The van der Waals surface area contributed by atoms with Crippen molar-refractivity contribution >= 4 is 16.7 Å². The highest BCUT2D eigenvalue weighted by molar-refractivity contribution is 5.97. The van der Waals surface area contributed by atoms with Crippen LogP contribution < -0.4 is 14.4 Å². The third kappa shape index (κ3) is 5.03. The molecule has 2 atom stereocenters. The van der Waals surface area contributed by atoms with E-state index in [2.05, 4.69) is 16.8 Å². The zero-order valence-corrected chi connectivity index (χ0v) is 25.4. The van der Waals surface area contributed by atoms with Crippen molar-refractivity contribution in [3.05, 3.63) is 41.0 Å². The zero-order chi connectivity index (χ0) is 30.4. The Morgan fingerprint density at radius 1 is 1.14 bits per heavy atom. The Morgan fingerprint density at radius 2 is 2.02 bits per heavy atom. The van der Waals surface area contributed by atoms with Crippen molar-refractivity contribution in [2.45, 2.75) is 63.3 Å². The van der Waals surface area contributed by atoms with Crippen molar-refractivity contribution in [3.8, 4) is 28.9 Å². The molecule has 44 heavy (non-hydrogen) atoms. The fourth-order valence-electron chi connectivity index (χ4n) is 7.76. The number of pyridine rings is 1. The van der Waals surface area contributed by atoms with E-state index in [0.717, 1.165) is 61.8 Å². The Bertz CT molecular complexity index is 1610. The topological polar surface area (TPSA) is 93.1 Å². The lowest BCUT2D eigenvalue weighted by Gasteiger charge is -2.31. The number of aromatic hydroxyl groups is 1.